The zero-order valence-electron chi connectivity index (χ0n) is 9.48. The molecule has 0 aromatic heterocycles. The molecular weight excluding hydrogens is 309 g/mol. The van der Waals surface area contributed by atoms with Crippen LogP contribution in [0.3, 0.4) is 0 Å². The van der Waals surface area contributed by atoms with E-state index in [2.05, 4.69) is 15.9 Å². The number of nitrogens with two attached hydrogens (primary N) is 1. The molecule has 0 atom stereocenters. The molecule has 0 heterocycles. The van der Waals surface area contributed by atoms with Gasteiger partial charge in [0.1, 0.15) is 0 Å². The highest BCUT2D eigenvalue weighted by Crippen LogP contribution is 2.34. The summed E-state index contributed by atoms with van der Waals surface area (Å²) in [5.41, 5.74) is 5.45. The summed E-state index contributed by atoms with van der Waals surface area (Å²) in [6.07, 6.45) is -4.07. The smallest absolute Gasteiger partial charge is 0.397 e. The van der Waals surface area contributed by atoms with Gasteiger partial charge in [-0.3, -0.25) is 0 Å². The molecule has 0 saturated carbocycles. The SMILES string of the molecule is CC/C(C#N)=C(/N)c1cc(C(F)(F)F)ccc1Br. The van der Waals surface area contributed by atoms with E-state index in [0.717, 1.165) is 12.1 Å². The fourth-order valence-corrected chi connectivity index (χ4v) is 1.86. The Morgan fingerprint density at radius 2 is 2.06 bits per heavy atom. The number of nitrogens with zero attached hydrogens (tertiary/aromatic N) is 1. The zero-order chi connectivity index (χ0) is 13.9. The van der Waals surface area contributed by atoms with Gasteiger partial charge >= 0.3 is 6.18 Å². The maximum Gasteiger partial charge on any atom is 0.416 e. The average molecular weight is 319 g/mol. The standard InChI is InChI=1S/C12H10BrF3N2/c1-2-7(6-17)11(18)9-5-8(12(14,15)16)3-4-10(9)13/h3-5H,2,18H2,1H3/b11-7-. The lowest BCUT2D eigenvalue weighted by Crippen LogP contribution is -2.08. The molecule has 6 heteroatoms. The van der Waals surface area contributed by atoms with E-state index in [-0.39, 0.29) is 16.8 Å². The van der Waals surface area contributed by atoms with E-state index in [0.29, 0.717) is 10.9 Å². The van der Waals surface area contributed by atoms with E-state index in [1.54, 1.807) is 6.92 Å². The van der Waals surface area contributed by atoms with Crippen LogP contribution in [-0.4, -0.2) is 0 Å². The van der Waals surface area contributed by atoms with Gasteiger partial charge in [0, 0.05) is 10.0 Å². The Balaban J connectivity index is 3.43. The van der Waals surface area contributed by atoms with Crippen molar-refractivity contribution in [2.24, 2.45) is 5.73 Å². The highest BCUT2D eigenvalue weighted by molar-refractivity contribution is 9.10. The normalized spacial score (nSPS) is 12.9. The van der Waals surface area contributed by atoms with Crippen LogP contribution in [0, 0.1) is 11.3 Å². The molecule has 1 aromatic rings. The number of hydrogen-bond donors (Lipinski definition) is 1. The van der Waals surface area contributed by atoms with Crippen LogP contribution in [0.4, 0.5) is 13.2 Å². The van der Waals surface area contributed by atoms with Crippen LogP contribution in [-0.2, 0) is 6.18 Å². The molecule has 96 valence electrons. The molecule has 2 nitrogen and oxygen atoms in total. The molecule has 0 bridgehead atoms. The van der Waals surface area contributed by atoms with E-state index in [1.165, 1.54) is 6.07 Å². The van der Waals surface area contributed by atoms with Crippen molar-refractivity contribution in [2.75, 3.05) is 0 Å². The minimum absolute atomic E-state index is 0.0676. The van der Waals surface area contributed by atoms with E-state index in [4.69, 9.17) is 11.0 Å². The summed E-state index contributed by atoms with van der Waals surface area (Å²) >= 11 is 3.13. The number of alkyl halides is 3. The molecule has 0 saturated heterocycles. The summed E-state index contributed by atoms with van der Waals surface area (Å²) < 4.78 is 38.2. The maximum absolute atomic E-state index is 12.6. The average Bonchev–Trinajstić information content (AvgIpc) is 2.29. The van der Waals surface area contributed by atoms with Crippen molar-refractivity contribution in [3.05, 3.63) is 39.4 Å². The Kier molecular flexibility index (Phi) is 4.41. The van der Waals surface area contributed by atoms with Gasteiger partial charge in [-0.1, -0.05) is 22.9 Å². The van der Waals surface area contributed by atoms with Crippen LogP contribution in [0.15, 0.2) is 28.2 Å². The molecule has 1 rings (SSSR count). The first kappa shape index (κ1) is 14.6. The number of allylic oxidation sites excluding steroid dienone is 1. The van der Waals surface area contributed by atoms with Gasteiger partial charge in [-0.25, -0.2) is 0 Å². The molecule has 2 N–H and O–H groups in total. The molecule has 18 heavy (non-hydrogen) atoms. The van der Waals surface area contributed by atoms with Crippen LogP contribution in [0.25, 0.3) is 5.70 Å². The summed E-state index contributed by atoms with van der Waals surface area (Å²) in [4.78, 5) is 0. The summed E-state index contributed by atoms with van der Waals surface area (Å²) in [6.45, 7) is 1.72. The summed E-state index contributed by atoms with van der Waals surface area (Å²) in [7, 11) is 0. The second kappa shape index (κ2) is 5.44. The van der Waals surface area contributed by atoms with Crippen molar-refractivity contribution in [3.63, 3.8) is 0 Å². The number of rotatable bonds is 2. The molecular formula is C12H10BrF3N2. The quantitative estimate of drug-likeness (QED) is 0.835. The van der Waals surface area contributed by atoms with Crippen LogP contribution in [0.5, 0.6) is 0 Å². The second-order valence-electron chi connectivity index (χ2n) is 3.55. The molecule has 0 radical (unpaired) electrons. The van der Waals surface area contributed by atoms with Gasteiger partial charge in [-0.05, 0) is 24.6 Å². The largest absolute Gasteiger partial charge is 0.416 e. The highest BCUT2D eigenvalue weighted by Gasteiger charge is 2.31. The Hall–Kier alpha value is -1.48. The lowest BCUT2D eigenvalue weighted by atomic mass is 10.0. The van der Waals surface area contributed by atoms with Crippen molar-refractivity contribution in [3.8, 4) is 6.07 Å². The third-order valence-corrected chi connectivity index (χ3v) is 3.09. The van der Waals surface area contributed by atoms with Gasteiger partial charge < -0.3 is 5.73 Å². The molecule has 1 aromatic carbocycles. The molecule has 0 spiro atoms. The Labute approximate surface area is 111 Å². The number of hydrogen-bond acceptors (Lipinski definition) is 2. The van der Waals surface area contributed by atoms with Crippen molar-refractivity contribution in [2.45, 2.75) is 19.5 Å². The topological polar surface area (TPSA) is 49.8 Å². The zero-order valence-corrected chi connectivity index (χ0v) is 11.1. The van der Waals surface area contributed by atoms with Crippen LogP contribution < -0.4 is 5.73 Å². The third-order valence-electron chi connectivity index (χ3n) is 2.40. The second-order valence-corrected chi connectivity index (χ2v) is 4.40. The first-order chi connectivity index (χ1) is 8.31. The first-order valence-corrected chi connectivity index (χ1v) is 5.86. The highest BCUT2D eigenvalue weighted by atomic mass is 79.9. The van der Waals surface area contributed by atoms with Gasteiger partial charge in [0.2, 0.25) is 0 Å². The van der Waals surface area contributed by atoms with Crippen molar-refractivity contribution in [1.29, 1.82) is 5.26 Å². The maximum atomic E-state index is 12.6. The van der Waals surface area contributed by atoms with Gasteiger partial charge in [-0.2, -0.15) is 18.4 Å². The number of halogens is 4. The van der Waals surface area contributed by atoms with Crippen LogP contribution in [0.2, 0.25) is 0 Å². The molecule has 0 amide bonds. The fourth-order valence-electron chi connectivity index (χ4n) is 1.40. The van der Waals surface area contributed by atoms with E-state index in [9.17, 15) is 13.2 Å². The lowest BCUT2D eigenvalue weighted by Gasteiger charge is -2.11. The van der Waals surface area contributed by atoms with Crippen molar-refractivity contribution >= 4 is 21.6 Å². The van der Waals surface area contributed by atoms with Crippen molar-refractivity contribution < 1.29 is 13.2 Å². The van der Waals surface area contributed by atoms with Gasteiger partial charge in [0.15, 0.2) is 0 Å². The van der Waals surface area contributed by atoms with Gasteiger partial charge in [-0.15, -0.1) is 0 Å². The number of nitriles is 1. The van der Waals surface area contributed by atoms with E-state index in [1.807, 2.05) is 6.07 Å². The molecule has 0 aliphatic carbocycles. The predicted molar refractivity (Wildman–Crippen MR) is 66.2 cm³/mol. The summed E-state index contributed by atoms with van der Waals surface area (Å²) in [5, 5.41) is 8.85. The van der Waals surface area contributed by atoms with Crippen molar-refractivity contribution in [1.82, 2.24) is 0 Å². The van der Waals surface area contributed by atoms with E-state index < -0.39 is 11.7 Å². The predicted octanol–water partition coefficient (Wildman–Crippen LogP) is 4.07. The molecule has 0 fully saturated rings. The summed E-state index contributed by atoms with van der Waals surface area (Å²) in [5.74, 6) is 0. The lowest BCUT2D eigenvalue weighted by molar-refractivity contribution is -0.137. The Bertz CT molecular complexity index is 527. The van der Waals surface area contributed by atoms with Gasteiger partial charge in [0.05, 0.1) is 22.9 Å². The Morgan fingerprint density at radius 1 is 1.44 bits per heavy atom. The Morgan fingerprint density at radius 3 is 2.50 bits per heavy atom. The van der Waals surface area contributed by atoms with Crippen LogP contribution in [0.1, 0.15) is 24.5 Å². The van der Waals surface area contributed by atoms with Crippen LogP contribution >= 0.6 is 15.9 Å². The molecule has 0 aliphatic heterocycles. The first-order valence-electron chi connectivity index (χ1n) is 5.07. The minimum Gasteiger partial charge on any atom is -0.397 e. The fraction of sp³-hybridized carbons (Fsp3) is 0.250. The van der Waals surface area contributed by atoms with E-state index >= 15 is 0 Å². The number of benzene rings is 1. The monoisotopic (exact) mass is 318 g/mol. The van der Waals surface area contributed by atoms with Gasteiger partial charge in [0.25, 0.3) is 0 Å². The third kappa shape index (κ3) is 3.05. The molecule has 0 aliphatic rings. The summed E-state index contributed by atoms with van der Waals surface area (Å²) in [6, 6.07) is 5.06. The minimum atomic E-state index is -4.44. The molecule has 0 unspecified atom stereocenters.